The van der Waals surface area contributed by atoms with Crippen LogP contribution in [0, 0.1) is 17.3 Å². The van der Waals surface area contributed by atoms with Crippen molar-refractivity contribution in [1.82, 2.24) is 5.32 Å². The van der Waals surface area contributed by atoms with Gasteiger partial charge in [0.15, 0.2) is 0 Å². The molecule has 4 nitrogen and oxygen atoms in total. The van der Waals surface area contributed by atoms with E-state index in [2.05, 4.69) is 26.1 Å². The lowest BCUT2D eigenvalue weighted by Gasteiger charge is -2.36. The molecule has 132 valence electrons. The summed E-state index contributed by atoms with van der Waals surface area (Å²) in [4.78, 5) is 24.0. The Balaban J connectivity index is 1.91. The largest absolute Gasteiger partial charge is 0.480 e. The van der Waals surface area contributed by atoms with Gasteiger partial charge in [-0.1, -0.05) is 51.1 Å². The molecule has 0 unspecified atom stereocenters. The third-order valence-corrected chi connectivity index (χ3v) is 5.22. The van der Waals surface area contributed by atoms with Crippen LogP contribution < -0.4 is 5.32 Å². The molecule has 1 aliphatic rings. The SMILES string of the molecule is CC(C)(C)[C@H]1CC[C@H](C(=O)N[C@H](Cc2ccccc2)C(=O)O)CC1. The van der Waals surface area contributed by atoms with E-state index < -0.39 is 12.0 Å². The van der Waals surface area contributed by atoms with E-state index in [0.29, 0.717) is 12.3 Å². The van der Waals surface area contributed by atoms with E-state index >= 15 is 0 Å². The molecule has 24 heavy (non-hydrogen) atoms. The minimum absolute atomic E-state index is 0.0544. The van der Waals surface area contributed by atoms with Gasteiger partial charge in [-0.15, -0.1) is 0 Å². The molecule has 0 aliphatic heterocycles. The predicted molar refractivity (Wildman–Crippen MR) is 94.6 cm³/mol. The smallest absolute Gasteiger partial charge is 0.326 e. The van der Waals surface area contributed by atoms with Crippen molar-refractivity contribution in [2.45, 2.75) is 58.9 Å². The van der Waals surface area contributed by atoms with Crippen LogP contribution in [0.25, 0.3) is 0 Å². The van der Waals surface area contributed by atoms with Gasteiger partial charge < -0.3 is 10.4 Å². The summed E-state index contributed by atoms with van der Waals surface area (Å²) < 4.78 is 0. The van der Waals surface area contributed by atoms with Crippen LogP contribution in [0.3, 0.4) is 0 Å². The van der Waals surface area contributed by atoms with Crippen LogP contribution >= 0.6 is 0 Å². The second kappa shape index (κ2) is 7.82. The van der Waals surface area contributed by atoms with Gasteiger partial charge in [0, 0.05) is 12.3 Å². The Morgan fingerprint density at radius 1 is 1.12 bits per heavy atom. The van der Waals surface area contributed by atoms with Gasteiger partial charge in [0.05, 0.1) is 0 Å². The predicted octanol–water partition coefficient (Wildman–Crippen LogP) is 3.65. The third kappa shape index (κ3) is 5.08. The molecule has 2 rings (SSSR count). The lowest BCUT2D eigenvalue weighted by atomic mass is 9.69. The zero-order valence-corrected chi connectivity index (χ0v) is 14.9. The molecule has 1 aromatic rings. The fourth-order valence-electron chi connectivity index (χ4n) is 3.56. The van der Waals surface area contributed by atoms with Crippen molar-refractivity contribution in [3.63, 3.8) is 0 Å². The van der Waals surface area contributed by atoms with Crippen molar-refractivity contribution in [2.75, 3.05) is 0 Å². The Kier molecular flexibility index (Phi) is 6.03. The number of aliphatic carboxylic acids is 1. The average molecular weight is 331 g/mol. The van der Waals surface area contributed by atoms with Crippen LogP contribution in [-0.2, 0) is 16.0 Å². The van der Waals surface area contributed by atoms with Crippen molar-refractivity contribution < 1.29 is 14.7 Å². The fraction of sp³-hybridized carbons (Fsp3) is 0.600. The summed E-state index contributed by atoms with van der Waals surface area (Å²) in [6.45, 7) is 6.75. The Morgan fingerprint density at radius 2 is 1.71 bits per heavy atom. The number of benzene rings is 1. The maximum absolute atomic E-state index is 12.5. The molecule has 0 aromatic heterocycles. The van der Waals surface area contributed by atoms with Crippen LogP contribution in [-0.4, -0.2) is 23.0 Å². The molecule has 0 spiro atoms. The first-order valence-electron chi connectivity index (χ1n) is 8.84. The van der Waals surface area contributed by atoms with E-state index in [1.807, 2.05) is 30.3 Å². The zero-order valence-electron chi connectivity index (χ0n) is 14.9. The van der Waals surface area contributed by atoms with Crippen LogP contribution in [0.1, 0.15) is 52.0 Å². The number of hydrogen-bond donors (Lipinski definition) is 2. The molecule has 0 radical (unpaired) electrons. The standard InChI is InChI=1S/C20H29NO3/c1-20(2,3)16-11-9-15(10-12-16)18(22)21-17(19(23)24)13-14-7-5-4-6-8-14/h4-8,15-17H,9-13H2,1-3H3,(H,21,22)(H,23,24)/t15-,16-,17-/m1/s1. The quantitative estimate of drug-likeness (QED) is 0.865. The maximum atomic E-state index is 12.5. The summed E-state index contributed by atoms with van der Waals surface area (Å²) in [5.74, 6) is -0.497. The number of carboxylic acid groups (broad SMARTS) is 1. The van der Waals surface area contributed by atoms with Crippen molar-refractivity contribution in [3.05, 3.63) is 35.9 Å². The summed E-state index contributed by atoms with van der Waals surface area (Å²) in [7, 11) is 0. The highest BCUT2D eigenvalue weighted by molar-refractivity contribution is 5.85. The molecular formula is C20H29NO3. The zero-order chi connectivity index (χ0) is 17.7. The van der Waals surface area contributed by atoms with E-state index in [1.54, 1.807) is 0 Å². The van der Waals surface area contributed by atoms with Crippen molar-refractivity contribution in [3.8, 4) is 0 Å². The van der Waals surface area contributed by atoms with Crippen LogP contribution in [0.15, 0.2) is 30.3 Å². The topological polar surface area (TPSA) is 66.4 Å². The molecule has 1 aliphatic carbocycles. The number of amides is 1. The summed E-state index contributed by atoms with van der Waals surface area (Å²) in [5.41, 5.74) is 1.19. The van der Waals surface area contributed by atoms with Crippen LogP contribution in [0.4, 0.5) is 0 Å². The molecule has 4 heteroatoms. The Bertz CT molecular complexity index is 554. The average Bonchev–Trinajstić information content (AvgIpc) is 2.54. The summed E-state index contributed by atoms with van der Waals surface area (Å²) >= 11 is 0. The molecule has 0 saturated heterocycles. The Morgan fingerprint density at radius 3 is 2.21 bits per heavy atom. The monoisotopic (exact) mass is 331 g/mol. The Labute approximate surface area is 144 Å². The van der Waals surface area contributed by atoms with E-state index in [1.165, 1.54) is 0 Å². The van der Waals surface area contributed by atoms with E-state index in [0.717, 1.165) is 31.2 Å². The lowest BCUT2D eigenvalue weighted by Crippen LogP contribution is -2.45. The Hall–Kier alpha value is -1.84. The van der Waals surface area contributed by atoms with Crippen LogP contribution in [0.2, 0.25) is 0 Å². The number of nitrogens with one attached hydrogen (secondary N) is 1. The molecule has 0 heterocycles. The van der Waals surface area contributed by atoms with Crippen molar-refractivity contribution in [1.29, 1.82) is 0 Å². The highest BCUT2D eigenvalue weighted by Gasteiger charge is 2.33. The molecule has 0 bridgehead atoms. The first-order valence-corrected chi connectivity index (χ1v) is 8.84. The molecule has 1 fully saturated rings. The second-order valence-corrected chi connectivity index (χ2v) is 8.00. The van der Waals surface area contributed by atoms with Gasteiger partial charge in [-0.3, -0.25) is 4.79 Å². The molecule has 1 amide bonds. The lowest BCUT2D eigenvalue weighted by molar-refractivity contribution is -0.142. The van der Waals surface area contributed by atoms with E-state index in [4.69, 9.17) is 0 Å². The van der Waals surface area contributed by atoms with Gasteiger partial charge in [-0.2, -0.15) is 0 Å². The number of hydrogen-bond acceptors (Lipinski definition) is 2. The highest BCUT2D eigenvalue weighted by atomic mass is 16.4. The molecule has 2 N–H and O–H groups in total. The highest BCUT2D eigenvalue weighted by Crippen LogP contribution is 2.39. The van der Waals surface area contributed by atoms with Gasteiger partial charge in [0.2, 0.25) is 5.91 Å². The normalized spacial score (nSPS) is 22.6. The number of carboxylic acids is 1. The van der Waals surface area contributed by atoms with Crippen molar-refractivity contribution in [2.24, 2.45) is 17.3 Å². The minimum Gasteiger partial charge on any atom is -0.480 e. The van der Waals surface area contributed by atoms with E-state index in [-0.39, 0.29) is 17.2 Å². The molecule has 1 aromatic carbocycles. The summed E-state index contributed by atoms with van der Waals surface area (Å²) in [6.07, 6.45) is 4.10. The summed E-state index contributed by atoms with van der Waals surface area (Å²) in [5, 5.41) is 12.2. The second-order valence-electron chi connectivity index (χ2n) is 8.00. The number of carbonyl (C=O) groups excluding carboxylic acids is 1. The fourth-order valence-corrected chi connectivity index (χ4v) is 3.56. The summed E-state index contributed by atoms with van der Waals surface area (Å²) in [6, 6.07) is 8.56. The van der Waals surface area contributed by atoms with Crippen molar-refractivity contribution >= 4 is 11.9 Å². The number of rotatable bonds is 5. The van der Waals surface area contributed by atoms with Gasteiger partial charge in [0.1, 0.15) is 6.04 Å². The van der Waals surface area contributed by atoms with E-state index in [9.17, 15) is 14.7 Å². The van der Waals surface area contributed by atoms with Gasteiger partial charge in [-0.25, -0.2) is 4.79 Å². The molecular weight excluding hydrogens is 302 g/mol. The van der Waals surface area contributed by atoms with Gasteiger partial charge in [-0.05, 0) is 42.6 Å². The number of carbonyl (C=O) groups is 2. The third-order valence-electron chi connectivity index (χ3n) is 5.22. The first kappa shape index (κ1) is 18.5. The maximum Gasteiger partial charge on any atom is 0.326 e. The molecule has 1 saturated carbocycles. The van der Waals surface area contributed by atoms with Gasteiger partial charge >= 0.3 is 5.97 Å². The first-order chi connectivity index (χ1) is 11.3. The minimum atomic E-state index is -0.976. The van der Waals surface area contributed by atoms with Gasteiger partial charge in [0.25, 0.3) is 0 Å². The van der Waals surface area contributed by atoms with Crippen LogP contribution in [0.5, 0.6) is 0 Å². The molecule has 1 atom stereocenters.